The van der Waals surface area contributed by atoms with Gasteiger partial charge < -0.3 is 14.9 Å². The molecule has 0 bridgehead atoms. The molecule has 2 heterocycles. The maximum absolute atomic E-state index is 11.4. The van der Waals surface area contributed by atoms with Gasteiger partial charge in [0.15, 0.2) is 0 Å². The van der Waals surface area contributed by atoms with E-state index in [1.54, 1.807) is 6.92 Å². The predicted molar refractivity (Wildman–Crippen MR) is 79.5 cm³/mol. The molecule has 20 heavy (non-hydrogen) atoms. The smallest absolute Gasteiger partial charge is 0.219 e. The van der Waals surface area contributed by atoms with Crippen molar-refractivity contribution in [2.45, 2.75) is 38.3 Å². The fourth-order valence-electron chi connectivity index (χ4n) is 3.68. The Balaban J connectivity index is 1.89. The van der Waals surface area contributed by atoms with Crippen LogP contribution >= 0.6 is 0 Å². The molecule has 1 amide bonds. The molecular formula is C15H29N3O2. The fourth-order valence-corrected chi connectivity index (χ4v) is 3.68. The number of nitrogens with zero attached hydrogens (tertiary/aromatic N) is 3. The highest BCUT2D eigenvalue weighted by atomic mass is 16.3. The lowest BCUT2D eigenvalue weighted by atomic mass is 9.89. The third kappa shape index (κ3) is 3.51. The van der Waals surface area contributed by atoms with Crippen molar-refractivity contribution in [1.82, 2.24) is 14.7 Å². The van der Waals surface area contributed by atoms with E-state index in [1.807, 2.05) is 4.90 Å². The van der Waals surface area contributed by atoms with Crippen LogP contribution in [0.1, 0.15) is 26.2 Å². The minimum absolute atomic E-state index is 0.202. The molecule has 2 fully saturated rings. The van der Waals surface area contributed by atoms with Gasteiger partial charge in [0.25, 0.3) is 0 Å². The predicted octanol–water partition coefficient (Wildman–Crippen LogP) is 0.242. The minimum atomic E-state index is 0.202. The number of likely N-dealkylation sites (tertiary alicyclic amines) is 2. The van der Waals surface area contributed by atoms with Crippen molar-refractivity contribution in [3.05, 3.63) is 0 Å². The van der Waals surface area contributed by atoms with Crippen LogP contribution < -0.4 is 0 Å². The van der Waals surface area contributed by atoms with Gasteiger partial charge in [0, 0.05) is 45.2 Å². The molecule has 5 nitrogen and oxygen atoms in total. The second kappa shape index (κ2) is 6.87. The SMILES string of the molecule is CC(=O)N1CCC(N2CC[C@H](CO)[C@H](N(C)C)C2)CC1. The van der Waals surface area contributed by atoms with Gasteiger partial charge in [-0.15, -0.1) is 0 Å². The van der Waals surface area contributed by atoms with Gasteiger partial charge in [-0.2, -0.15) is 0 Å². The van der Waals surface area contributed by atoms with E-state index in [-0.39, 0.29) is 5.91 Å². The van der Waals surface area contributed by atoms with Gasteiger partial charge in [-0.3, -0.25) is 9.69 Å². The van der Waals surface area contributed by atoms with Crippen LogP contribution in [0.5, 0.6) is 0 Å². The molecular weight excluding hydrogens is 254 g/mol. The van der Waals surface area contributed by atoms with Crippen LogP contribution in [0.25, 0.3) is 0 Å². The zero-order chi connectivity index (χ0) is 14.7. The molecule has 1 N–H and O–H groups in total. The number of carbonyl (C=O) groups excluding carboxylic acids is 1. The third-order valence-electron chi connectivity index (χ3n) is 5.08. The molecule has 2 rings (SSSR count). The highest BCUT2D eigenvalue weighted by Crippen LogP contribution is 2.26. The van der Waals surface area contributed by atoms with Crippen LogP contribution in [-0.4, -0.2) is 84.7 Å². The van der Waals surface area contributed by atoms with E-state index in [4.69, 9.17) is 0 Å². The first kappa shape index (κ1) is 15.7. The van der Waals surface area contributed by atoms with Crippen LogP contribution in [0, 0.1) is 5.92 Å². The number of piperidine rings is 2. The molecule has 0 saturated carbocycles. The fraction of sp³-hybridized carbons (Fsp3) is 0.933. The number of likely N-dealkylation sites (N-methyl/N-ethyl adjacent to an activating group) is 1. The van der Waals surface area contributed by atoms with Crippen molar-refractivity contribution in [3.63, 3.8) is 0 Å². The standard InChI is InChI=1S/C15H29N3O2/c1-12(20)17-8-5-14(6-9-17)18-7-4-13(11-19)15(10-18)16(2)3/h13-15,19H,4-11H2,1-3H3/t13-,15-/m1/s1. The summed E-state index contributed by atoms with van der Waals surface area (Å²) in [6.45, 7) is 5.87. The van der Waals surface area contributed by atoms with Gasteiger partial charge in [0.2, 0.25) is 5.91 Å². The van der Waals surface area contributed by atoms with E-state index in [0.29, 0.717) is 24.6 Å². The van der Waals surface area contributed by atoms with Gasteiger partial charge in [-0.25, -0.2) is 0 Å². The van der Waals surface area contributed by atoms with Crippen LogP contribution in [0.3, 0.4) is 0 Å². The first-order chi connectivity index (χ1) is 9.52. The number of amides is 1. The zero-order valence-electron chi connectivity index (χ0n) is 13.1. The van der Waals surface area contributed by atoms with Gasteiger partial charge in [-0.05, 0) is 45.8 Å². The summed E-state index contributed by atoms with van der Waals surface area (Å²) in [5, 5.41) is 9.51. The third-order valence-corrected chi connectivity index (χ3v) is 5.08. The largest absolute Gasteiger partial charge is 0.396 e. The molecule has 0 unspecified atom stereocenters. The number of hydrogen-bond acceptors (Lipinski definition) is 4. The number of hydrogen-bond donors (Lipinski definition) is 1. The first-order valence-corrected chi connectivity index (χ1v) is 7.79. The molecule has 0 aliphatic carbocycles. The summed E-state index contributed by atoms with van der Waals surface area (Å²) in [5.74, 6) is 0.604. The molecule has 0 aromatic carbocycles. The van der Waals surface area contributed by atoms with Crippen molar-refractivity contribution < 1.29 is 9.90 Å². The Bertz CT molecular complexity index is 327. The summed E-state index contributed by atoms with van der Waals surface area (Å²) < 4.78 is 0. The molecule has 5 heteroatoms. The van der Waals surface area contributed by atoms with E-state index in [0.717, 1.165) is 45.4 Å². The van der Waals surface area contributed by atoms with E-state index < -0.39 is 0 Å². The quantitative estimate of drug-likeness (QED) is 0.806. The Morgan fingerprint density at radius 2 is 1.85 bits per heavy atom. The Morgan fingerprint density at radius 3 is 2.35 bits per heavy atom. The summed E-state index contributed by atoms with van der Waals surface area (Å²) in [5.41, 5.74) is 0. The summed E-state index contributed by atoms with van der Waals surface area (Å²) in [4.78, 5) is 18.2. The molecule has 0 radical (unpaired) electrons. The summed E-state index contributed by atoms with van der Waals surface area (Å²) in [7, 11) is 4.21. The van der Waals surface area contributed by atoms with Crippen molar-refractivity contribution >= 4 is 5.91 Å². The molecule has 0 spiro atoms. The van der Waals surface area contributed by atoms with Crippen molar-refractivity contribution in [1.29, 1.82) is 0 Å². The molecule has 2 saturated heterocycles. The van der Waals surface area contributed by atoms with Gasteiger partial charge in [0.05, 0.1) is 0 Å². The second-order valence-corrected chi connectivity index (χ2v) is 6.49. The van der Waals surface area contributed by atoms with E-state index in [2.05, 4.69) is 23.9 Å². The Labute approximate surface area is 122 Å². The van der Waals surface area contributed by atoms with Gasteiger partial charge >= 0.3 is 0 Å². The van der Waals surface area contributed by atoms with Crippen LogP contribution in [0.4, 0.5) is 0 Å². The highest BCUT2D eigenvalue weighted by molar-refractivity contribution is 5.73. The topological polar surface area (TPSA) is 47.0 Å². The van der Waals surface area contributed by atoms with Gasteiger partial charge in [0.1, 0.15) is 0 Å². The minimum Gasteiger partial charge on any atom is -0.396 e. The van der Waals surface area contributed by atoms with Crippen molar-refractivity contribution in [2.24, 2.45) is 5.92 Å². The average molecular weight is 283 g/mol. The molecule has 0 aromatic rings. The molecule has 0 aromatic heterocycles. The Hall–Kier alpha value is -0.650. The normalized spacial score (nSPS) is 29.9. The molecule has 2 aliphatic heterocycles. The Morgan fingerprint density at radius 1 is 1.20 bits per heavy atom. The number of aliphatic hydroxyl groups excluding tert-OH is 1. The van der Waals surface area contributed by atoms with E-state index in [1.165, 1.54) is 0 Å². The monoisotopic (exact) mass is 283 g/mol. The zero-order valence-corrected chi connectivity index (χ0v) is 13.1. The molecule has 116 valence electrons. The lowest BCUT2D eigenvalue weighted by Crippen LogP contribution is -2.56. The first-order valence-electron chi connectivity index (χ1n) is 7.79. The maximum Gasteiger partial charge on any atom is 0.219 e. The number of aliphatic hydroxyl groups is 1. The number of rotatable bonds is 3. The van der Waals surface area contributed by atoms with Crippen LogP contribution in [0.2, 0.25) is 0 Å². The summed E-state index contributed by atoms with van der Waals surface area (Å²) in [6.07, 6.45) is 3.25. The molecule has 2 aliphatic rings. The van der Waals surface area contributed by atoms with Crippen LogP contribution in [-0.2, 0) is 4.79 Å². The summed E-state index contributed by atoms with van der Waals surface area (Å²) in [6, 6.07) is 1.05. The second-order valence-electron chi connectivity index (χ2n) is 6.49. The van der Waals surface area contributed by atoms with Crippen LogP contribution in [0.15, 0.2) is 0 Å². The summed E-state index contributed by atoms with van der Waals surface area (Å²) >= 11 is 0. The lowest BCUT2D eigenvalue weighted by Gasteiger charge is -2.46. The maximum atomic E-state index is 11.4. The number of carbonyl (C=O) groups is 1. The van der Waals surface area contributed by atoms with Gasteiger partial charge in [-0.1, -0.05) is 0 Å². The Kier molecular flexibility index (Phi) is 5.41. The van der Waals surface area contributed by atoms with Crippen molar-refractivity contribution in [3.8, 4) is 0 Å². The van der Waals surface area contributed by atoms with E-state index >= 15 is 0 Å². The lowest BCUT2D eigenvalue weighted by molar-refractivity contribution is -0.130. The highest BCUT2D eigenvalue weighted by Gasteiger charge is 2.34. The average Bonchev–Trinajstić information content (AvgIpc) is 2.46. The van der Waals surface area contributed by atoms with E-state index in [9.17, 15) is 9.90 Å². The molecule has 2 atom stereocenters. The van der Waals surface area contributed by atoms with Crippen molar-refractivity contribution in [2.75, 3.05) is 46.9 Å².